The molecule has 0 aliphatic carbocycles. The van der Waals surface area contributed by atoms with Crippen LogP contribution in [-0.4, -0.2) is 22.5 Å². The highest BCUT2D eigenvalue weighted by Gasteiger charge is 2.33. The number of hydrogen-bond acceptors (Lipinski definition) is 4. The highest BCUT2D eigenvalue weighted by molar-refractivity contribution is 5.84. The number of amides is 1. The Hall–Kier alpha value is -4.42. The summed E-state index contributed by atoms with van der Waals surface area (Å²) in [6.07, 6.45) is 3.79. The first-order valence-corrected chi connectivity index (χ1v) is 13.2. The van der Waals surface area contributed by atoms with Crippen molar-refractivity contribution in [1.29, 1.82) is 0 Å². The second-order valence-electron chi connectivity index (χ2n) is 10.5. The second kappa shape index (κ2) is 9.71. The van der Waals surface area contributed by atoms with Crippen LogP contribution in [0, 0.1) is 12.1 Å². The highest BCUT2D eigenvalue weighted by atomic mass is 16.5. The van der Waals surface area contributed by atoms with Gasteiger partial charge < -0.3 is 19.6 Å². The van der Waals surface area contributed by atoms with Gasteiger partial charge in [-0.2, -0.15) is 4.73 Å². The molecule has 0 bridgehead atoms. The van der Waals surface area contributed by atoms with Crippen LogP contribution in [-0.2, 0) is 23.2 Å². The molecule has 39 heavy (non-hydrogen) atoms. The highest BCUT2D eigenvalue weighted by Crippen LogP contribution is 2.37. The van der Waals surface area contributed by atoms with Crippen LogP contribution in [0.15, 0.2) is 102 Å². The predicted molar refractivity (Wildman–Crippen MR) is 149 cm³/mol. The summed E-state index contributed by atoms with van der Waals surface area (Å²) in [5, 5.41) is 23.4. The maximum Gasteiger partial charge on any atom is 0.227 e. The number of hydrogen-bond donors (Lipinski definition) is 1. The van der Waals surface area contributed by atoms with Crippen molar-refractivity contribution in [3.63, 3.8) is 0 Å². The van der Waals surface area contributed by atoms with E-state index in [1.54, 1.807) is 25.1 Å². The molecule has 196 valence electrons. The first kappa shape index (κ1) is 24.9. The third-order valence-electron chi connectivity index (χ3n) is 7.74. The fourth-order valence-electron chi connectivity index (χ4n) is 5.62. The summed E-state index contributed by atoms with van der Waals surface area (Å²) in [5.41, 5.74) is 5.48. The van der Waals surface area contributed by atoms with E-state index < -0.39 is 5.60 Å². The van der Waals surface area contributed by atoms with Crippen LogP contribution in [0.1, 0.15) is 52.1 Å². The summed E-state index contributed by atoms with van der Waals surface area (Å²) >= 11 is 0. The molecule has 6 rings (SSSR count). The molecule has 1 N–H and O–H groups in total. The molecule has 6 nitrogen and oxygen atoms in total. The van der Waals surface area contributed by atoms with E-state index in [-0.39, 0.29) is 18.4 Å². The van der Waals surface area contributed by atoms with Crippen LogP contribution in [0.4, 0.5) is 0 Å². The van der Waals surface area contributed by atoms with E-state index in [0.717, 1.165) is 22.9 Å². The van der Waals surface area contributed by atoms with Crippen molar-refractivity contribution in [2.45, 2.75) is 38.3 Å². The maximum absolute atomic E-state index is 13.8. The number of carbonyl (C=O) groups excluding carboxylic acids is 1. The van der Waals surface area contributed by atoms with Crippen molar-refractivity contribution in [3.8, 4) is 0 Å². The van der Waals surface area contributed by atoms with Gasteiger partial charge in [0, 0.05) is 29.6 Å². The minimum absolute atomic E-state index is 0.0698. The lowest BCUT2D eigenvalue weighted by molar-refractivity contribution is -0.605. The Morgan fingerprint density at radius 1 is 1.05 bits per heavy atom. The monoisotopic (exact) mass is 518 g/mol. The quantitative estimate of drug-likeness (QED) is 0.251. The van der Waals surface area contributed by atoms with Gasteiger partial charge in [0.1, 0.15) is 16.9 Å². The molecule has 0 saturated carbocycles. The molecule has 1 amide bonds. The van der Waals surface area contributed by atoms with E-state index in [1.165, 1.54) is 29.1 Å². The number of rotatable bonds is 5. The average molecular weight is 519 g/mol. The van der Waals surface area contributed by atoms with Crippen LogP contribution >= 0.6 is 0 Å². The van der Waals surface area contributed by atoms with E-state index in [2.05, 4.69) is 37.3 Å². The van der Waals surface area contributed by atoms with Crippen LogP contribution in [0.3, 0.4) is 0 Å². The van der Waals surface area contributed by atoms with Crippen LogP contribution in [0.2, 0.25) is 0 Å². The predicted octanol–water partition coefficient (Wildman–Crippen LogP) is 5.35. The van der Waals surface area contributed by atoms with E-state index in [9.17, 15) is 15.1 Å². The Morgan fingerprint density at radius 2 is 1.82 bits per heavy atom. The van der Waals surface area contributed by atoms with Gasteiger partial charge in [-0.15, -0.1) is 0 Å². The van der Waals surface area contributed by atoms with Gasteiger partial charge in [0.15, 0.2) is 12.4 Å². The van der Waals surface area contributed by atoms with E-state index in [0.29, 0.717) is 28.2 Å². The zero-order valence-corrected chi connectivity index (χ0v) is 22.0. The minimum Gasteiger partial charge on any atom is -0.619 e. The number of aliphatic hydroxyl groups is 1. The summed E-state index contributed by atoms with van der Waals surface area (Å²) in [7, 11) is 0. The molecule has 0 radical (unpaired) electrons. The van der Waals surface area contributed by atoms with Crippen molar-refractivity contribution in [2.75, 3.05) is 6.54 Å². The maximum atomic E-state index is 13.8. The molecule has 0 saturated heterocycles. The molecule has 0 unspecified atom stereocenters. The minimum atomic E-state index is -1.41. The lowest BCUT2D eigenvalue weighted by atomic mass is 9.87. The lowest BCUT2D eigenvalue weighted by Crippen LogP contribution is -2.41. The molecule has 3 heterocycles. The Balaban J connectivity index is 1.28. The van der Waals surface area contributed by atoms with Crippen molar-refractivity contribution < 1.29 is 19.0 Å². The van der Waals surface area contributed by atoms with Gasteiger partial charge in [0.2, 0.25) is 5.91 Å². The Bertz CT molecular complexity index is 1660. The molecule has 5 aromatic rings. The van der Waals surface area contributed by atoms with Gasteiger partial charge in [0.05, 0.1) is 12.5 Å². The van der Waals surface area contributed by atoms with Gasteiger partial charge in [-0.25, -0.2) is 0 Å². The first-order chi connectivity index (χ1) is 18.8. The second-order valence-corrected chi connectivity index (χ2v) is 10.5. The zero-order valence-electron chi connectivity index (χ0n) is 22.0. The summed E-state index contributed by atoms with van der Waals surface area (Å²) in [6.45, 7) is 4.41. The molecule has 0 spiro atoms. The number of nitrogens with zero attached hydrogens (tertiary/aromatic N) is 2. The molecule has 2 aromatic heterocycles. The van der Waals surface area contributed by atoms with Gasteiger partial charge >= 0.3 is 0 Å². The Morgan fingerprint density at radius 3 is 2.59 bits per heavy atom. The van der Waals surface area contributed by atoms with Crippen molar-refractivity contribution in [2.24, 2.45) is 0 Å². The molecule has 1 aliphatic heterocycles. The summed E-state index contributed by atoms with van der Waals surface area (Å²) in [6, 6.07) is 27.3. The first-order valence-electron chi connectivity index (χ1n) is 13.2. The third kappa shape index (κ3) is 4.68. The average Bonchev–Trinajstić information content (AvgIpc) is 3.37. The molecule has 2 atom stereocenters. The topological polar surface area (TPSA) is 80.6 Å². The van der Waals surface area contributed by atoms with Crippen molar-refractivity contribution >= 4 is 16.9 Å². The van der Waals surface area contributed by atoms with Gasteiger partial charge in [-0.1, -0.05) is 60.2 Å². The van der Waals surface area contributed by atoms with Gasteiger partial charge in [-0.05, 0) is 60.7 Å². The lowest BCUT2D eigenvalue weighted by Gasteiger charge is -2.38. The molecule has 0 fully saturated rings. The number of furan rings is 1. The smallest absolute Gasteiger partial charge is 0.227 e. The molecular formula is C33H30N2O4. The zero-order chi connectivity index (χ0) is 27.1. The van der Waals surface area contributed by atoms with Crippen LogP contribution in [0.25, 0.3) is 11.0 Å². The number of carbonyl (C=O) groups is 1. The Kier molecular flexibility index (Phi) is 6.20. The molecule has 6 heteroatoms. The summed E-state index contributed by atoms with van der Waals surface area (Å²) in [5.74, 6) is 0.442. The fraction of sp³-hybridized carbons (Fsp3) is 0.212. The molecule has 1 aliphatic rings. The van der Waals surface area contributed by atoms with Gasteiger partial charge in [-0.3, -0.25) is 4.79 Å². The number of fused-ring (bicyclic) bond motifs is 2. The number of pyridine rings is 1. The van der Waals surface area contributed by atoms with Crippen LogP contribution < -0.4 is 4.73 Å². The molecular weight excluding hydrogens is 488 g/mol. The SMILES string of the molecule is Cc1ccc2c(c1)CCN(C(=O)Cc1ccc3oc([C@@](C)(O)c4cc[n+]([O-])cc4)cc3c1)[C@H]2c1ccccc1. The number of aromatic nitrogens is 1. The number of aryl methyl sites for hydroxylation is 1. The summed E-state index contributed by atoms with van der Waals surface area (Å²) in [4.78, 5) is 15.8. The van der Waals surface area contributed by atoms with E-state index in [4.69, 9.17) is 4.42 Å². The largest absolute Gasteiger partial charge is 0.619 e. The van der Waals surface area contributed by atoms with Gasteiger partial charge in [0.25, 0.3) is 0 Å². The molecule has 3 aromatic carbocycles. The van der Waals surface area contributed by atoms with Crippen LogP contribution in [0.5, 0.6) is 0 Å². The van der Waals surface area contributed by atoms with Crippen molar-refractivity contribution in [3.05, 3.63) is 142 Å². The normalized spacial score (nSPS) is 16.6. The van der Waals surface area contributed by atoms with E-state index >= 15 is 0 Å². The standard InChI is InChI=1S/C33H30N2O4/c1-22-8-10-28-25(18-22)12-17-35(32(28)24-6-4-3-5-7-24)31(36)20-23-9-11-29-26(19-23)21-30(39-29)33(2,37)27-13-15-34(38)16-14-27/h3-11,13-16,18-19,21,32,37H,12,17,20H2,1-2H3/t32-,33-/m0/s1. The fourth-order valence-corrected chi connectivity index (χ4v) is 5.62. The van der Waals surface area contributed by atoms with Crippen molar-refractivity contribution in [1.82, 2.24) is 4.90 Å². The Labute approximate surface area is 227 Å². The third-order valence-corrected chi connectivity index (χ3v) is 7.74. The van der Waals surface area contributed by atoms with E-state index in [1.807, 2.05) is 41.3 Å². The summed E-state index contributed by atoms with van der Waals surface area (Å²) < 4.78 is 6.66. The number of benzene rings is 3.